The molecule has 5 heteroatoms. The first kappa shape index (κ1) is 19.6. The number of rotatable bonds is 9. The summed E-state index contributed by atoms with van der Waals surface area (Å²) in [5.74, 6) is 1.42. The minimum atomic E-state index is -0.574. The van der Waals surface area contributed by atoms with E-state index in [0.29, 0.717) is 25.0 Å². The molecule has 1 fully saturated rings. The predicted molar refractivity (Wildman–Crippen MR) is 111 cm³/mol. The van der Waals surface area contributed by atoms with Gasteiger partial charge in [0.1, 0.15) is 0 Å². The van der Waals surface area contributed by atoms with E-state index in [9.17, 15) is 5.11 Å². The number of ether oxygens (including phenoxy) is 1. The van der Waals surface area contributed by atoms with Gasteiger partial charge in [-0.05, 0) is 55.0 Å². The van der Waals surface area contributed by atoms with E-state index in [4.69, 9.17) is 4.74 Å². The van der Waals surface area contributed by atoms with Crippen LogP contribution < -0.4 is 10.6 Å². The zero-order valence-electron chi connectivity index (χ0n) is 16.3. The number of aliphatic hydroxyl groups excluding tert-OH is 1. The normalized spacial score (nSPS) is 16.9. The van der Waals surface area contributed by atoms with Gasteiger partial charge < -0.3 is 20.5 Å². The molecule has 0 saturated heterocycles. The first-order valence-corrected chi connectivity index (χ1v) is 9.95. The highest BCUT2D eigenvalue weighted by Gasteiger charge is 2.21. The molecule has 0 bridgehead atoms. The van der Waals surface area contributed by atoms with Gasteiger partial charge >= 0.3 is 0 Å². The lowest BCUT2D eigenvalue weighted by molar-refractivity contribution is 0.0368. The molecule has 2 aromatic rings. The summed E-state index contributed by atoms with van der Waals surface area (Å²) in [6.45, 7) is 6.35. The maximum Gasteiger partial charge on any atom is 0.191 e. The van der Waals surface area contributed by atoms with E-state index in [1.54, 1.807) is 0 Å². The molecule has 1 aliphatic rings. The molecule has 3 N–H and O–H groups in total. The van der Waals surface area contributed by atoms with E-state index < -0.39 is 6.10 Å². The van der Waals surface area contributed by atoms with Crippen molar-refractivity contribution in [2.24, 2.45) is 10.9 Å². The topological polar surface area (TPSA) is 65.9 Å². The summed E-state index contributed by atoms with van der Waals surface area (Å²) in [6.07, 6.45) is 1.94. The molecular weight excluding hydrogens is 338 g/mol. The van der Waals surface area contributed by atoms with Crippen LogP contribution in [0.2, 0.25) is 0 Å². The number of aliphatic hydroxyl groups is 1. The van der Waals surface area contributed by atoms with Crippen LogP contribution >= 0.6 is 0 Å². The van der Waals surface area contributed by atoms with Crippen LogP contribution in [0.15, 0.2) is 47.5 Å². The second-order valence-corrected chi connectivity index (χ2v) is 7.33. The third-order valence-electron chi connectivity index (χ3n) is 4.79. The lowest BCUT2D eigenvalue weighted by Gasteiger charge is -2.19. The molecule has 2 atom stereocenters. The summed E-state index contributed by atoms with van der Waals surface area (Å²) in [4.78, 5) is 4.52. The third kappa shape index (κ3) is 6.22. The number of fused-ring (bicyclic) bond motifs is 1. The van der Waals surface area contributed by atoms with Crippen molar-refractivity contribution in [2.75, 3.05) is 26.3 Å². The van der Waals surface area contributed by atoms with Gasteiger partial charge in [0, 0.05) is 13.2 Å². The summed E-state index contributed by atoms with van der Waals surface area (Å²) in [7, 11) is 0. The molecule has 3 rings (SSSR count). The third-order valence-corrected chi connectivity index (χ3v) is 4.79. The Labute approximate surface area is 161 Å². The molecule has 0 aliphatic heterocycles. The second kappa shape index (κ2) is 9.72. The Kier molecular flexibility index (Phi) is 7.07. The molecule has 0 radical (unpaired) electrons. The molecule has 0 aromatic heterocycles. The van der Waals surface area contributed by atoms with E-state index in [1.165, 1.54) is 29.2 Å². The van der Waals surface area contributed by atoms with Crippen molar-refractivity contribution in [2.45, 2.75) is 38.8 Å². The summed E-state index contributed by atoms with van der Waals surface area (Å²) in [6, 6.07) is 15.0. The van der Waals surface area contributed by atoms with Gasteiger partial charge in [-0.3, -0.25) is 4.99 Å². The van der Waals surface area contributed by atoms with Crippen LogP contribution in [-0.4, -0.2) is 43.5 Å². The maximum absolute atomic E-state index is 10.1. The number of benzene rings is 2. The standard InChI is InChI=1S/C22H31N3O2/c1-3-23-22(24-13-21(26)15-27-14-17-8-9-17)25-16(2)19-11-10-18-6-4-5-7-20(18)12-19/h4-7,10-12,16-17,21,26H,3,8-9,13-15H2,1-2H3,(H2,23,24,25). The highest BCUT2D eigenvalue weighted by Crippen LogP contribution is 2.28. The van der Waals surface area contributed by atoms with E-state index in [2.05, 4.69) is 65.0 Å². The Hall–Kier alpha value is -2.11. The lowest BCUT2D eigenvalue weighted by Crippen LogP contribution is -2.39. The van der Waals surface area contributed by atoms with Crippen molar-refractivity contribution in [3.8, 4) is 0 Å². The molecule has 1 aliphatic carbocycles. The Balaban J connectivity index is 1.55. The lowest BCUT2D eigenvalue weighted by atomic mass is 10.0. The van der Waals surface area contributed by atoms with E-state index >= 15 is 0 Å². The molecule has 2 aromatic carbocycles. The van der Waals surface area contributed by atoms with Crippen LogP contribution in [-0.2, 0) is 4.74 Å². The average Bonchev–Trinajstić information content (AvgIpc) is 3.50. The smallest absolute Gasteiger partial charge is 0.191 e. The molecule has 2 unspecified atom stereocenters. The number of hydrogen-bond acceptors (Lipinski definition) is 3. The van der Waals surface area contributed by atoms with E-state index in [0.717, 1.165) is 13.2 Å². The van der Waals surface area contributed by atoms with Crippen LogP contribution in [0.4, 0.5) is 0 Å². The van der Waals surface area contributed by atoms with Crippen LogP contribution in [0.5, 0.6) is 0 Å². The SMILES string of the molecule is CCNC(=NCC(O)COCC1CC1)NC(C)c1ccc2ccccc2c1. The largest absolute Gasteiger partial charge is 0.389 e. The fourth-order valence-corrected chi connectivity index (χ4v) is 2.99. The highest BCUT2D eigenvalue weighted by atomic mass is 16.5. The zero-order chi connectivity index (χ0) is 19.1. The predicted octanol–water partition coefficient (Wildman–Crippen LogP) is 3.24. The van der Waals surface area contributed by atoms with Crippen molar-refractivity contribution in [3.05, 3.63) is 48.0 Å². The van der Waals surface area contributed by atoms with Crippen molar-refractivity contribution in [1.29, 1.82) is 0 Å². The molecule has 0 amide bonds. The van der Waals surface area contributed by atoms with Crippen LogP contribution in [0.1, 0.15) is 38.3 Å². The van der Waals surface area contributed by atoms with Crippen molar-refractivity contribution in [1.82, 2.24) is 10.6 Å². The minimum Gasteiger partial charge on any atom is -0.389 e. The van der Waals surface area contributed by atoms with E-state index in [1.807, 2.05) is 6.92 Å². The summed E-state index contributed by atoms with van der Waals surface area (Å²) in [5, 5.41) is 19.2. The number of nitrogens with one attached hydrogen (secondary N) is 2. The molecule has 0 heterocycles. The van der Waals surface area contributed by atoms with E-state index in [-0.39, 0.29) is 6.04 Å². The molecule has 0 spiro atoms. The van der Waals surface area contributed by atoms with Gasteiger partial charge in [0.15, 0.2) is 5.96 Å². The fraction of sp³-hybridized carbons (Fsp3) is 0.500. The van der Waals surface area contributed by atoms with Crippen molar-refractivity contribution in [3.63, 3.8) is 0 Å². The Morgan fingerprint density at radius 3 is 2.74 bits per heavy atom. The number of nitrogens with zero attached hydrogens (tertiary/aromatic N) is 1. The Bertz CT molecular complexity index is 758. The summed E-state index contributed by atoms with van der Waals surface area (Å²) >= 11 is 0. The number of guanidine groups is 1. The maximum atomic E-state index is 10.1. The van der Waals surface area contributed by atoms with Crippen LogP contribution in [0.3, 0.4) is 0 Å². The van der Waals surface area contributed by atoms with Crippen LogP contribution in [0.25, 0.3) is 10.8 Å². The molecule has 27 heavy (non-hydrogen) atoms. The minimum absolute atomic E-state index is 0.107. The second-order valence-electron chi connectivity index (χ2n) is 7.33. The quantitative estimate of drug-likeness (QED) is 0.469. The Morgan fingerprint density at radius 1 is 1.22 bits per heavy atom. The molecule has 146 valence electrons. The van der Waals surface area contributed by atoms with Crippen molar-refractivity contribution < 1.29 is 9.84 Å². The first-order valence-electron chi connectivity index (χ1n) is 9.95. The van der Waals surface area contributed by atoms with Gasteiger partial charge in [0.2, 0.25) is 0 Å². The number of hydrogen-bond donors (Lipinski definition) is 3. The highest BCUT2D eigenvalue weighted by molar-refractivity contribution is 5.84. The van der Waals surface area contributed by atoms with Gasteiger partial charge in [-0.15, -0.1) is 0 Å². The van der Waals surface area contributed by atoms with Crippen molar-refractivity contribution >= 4 is 16.7 Å². The zero-order valence-corrected chi connectivity index (χ0v) is 16.3. The van der Waals surface area contributed by atoms with Crippen LogP contribution in [0, 0.1) is 5.92 Å². The summed E-state index contributed by atoms with van der Waals surface area (Å²) in [5.41, 5.74) is 1.20. The van der Waals surface area contributed by atoms with Gasteiger partial charge in [-0.1, -0.05) is 36.4 Å². The molecule has 5 nitrogen and oxygen atoms in total. The monoisotopic (exact) mass is 369 g/mol. The van der Waals surface area contributed by atoms with Gasteiger partial charge in [0.25, 0.3) is 0 Å². The van der Waals surface area contributed by atoms with Gasteiger partial charge in [-0.2, -0.15) is 0 Å². The molecular formula is C22H31N3O2. The van der Waals surface area contributed by atoms with Gasteiger partial charge in [0.05, 0.1) is 25.3 Å². The fourth-order valence-electron chi connectivity index (χ4n) is 2.99. The average molecular weight is 370 g/mol. The molecule has 1 saturated carbocycles. The van der Waals surface area contributed by atoms with Gasteiger partial charge in [-0.25, -0.2) is 0 Å². The number of aliphatic imine (C=N–C) groups is 1. The Morgan fingerprint density at radius 2 is 2.00 bits per heavy atom. The first-order chi connectivity index (χ1) is 13.2. The summed E-state index contributed by atoms with van der Waals surface area (Å²) < 4.78 is 5.54.